The van der Waals surface area contributed by atoms with Gasteiger partial charge < -0.3 is 14.9 Å². The van der Waals surface area contributed by atoms with Crippen LogP contribution in [0.25, 0.3) is 6.08 Å². The molecule has 174 valence electrons. The van der Waals surface area contributed by atoms with Crippen molar-refractivity contribution in [3.8, 4) is 5.75 Å². The molecule has 32 heavy (non-hydrogen) atoms. The second-order valence-electron chi connectivity index (χ2n) is 7.59. The van der Waals surface area contributed by atoms with E-state index in [0.29, 0.717) is 21.3 Å². The molecule has 4 nitrogen and oxygen atoms in total. The third-order valence-electron chi connectivity index (χ3n) is 5.84. The van der Waals surface area contributed by atoms with Crippen molar-refractivity contribution in [2.45, 2.75) is 50.9 Å². The Morgan fingerprint density at radius 2 is 1.78 bits per heavy atom. The van der Waals surface area contributed by atoms with Crippen LogP contribution < -0.4 is 10.5 Å². The van der Waals surface area contributed by atoms with Crippen molar-refractivity contribution < 1.29 is 22.7 Å². The number of carbonyl (C=O) groups excluding carboxylic acids is 1. The molecule has 2 rings (SSSR count). The van der Waals surface area contributed by atoms with Crippen molar-refractivity contribution in [2.75, 3.05) is 7.11 Å². The molecule has 1 atom stereocenters. The monoisotopic (exact) mass is 525 g/mol. The Morgan fingerprint density at radius 3 is 2.31 bits per heavy atom. The Kier molecular flexibility index (Phi) is 9.18. The molecular formula is C24H30BrF2NO3Si. The number of rotatable bonds is 11. The van der Waals surface area contributed by atoms with Crippen LogP contribution in [0.2, 0.25) is 18.1 Å². The number of hydrogen-bond acceptors (Lipinski definition) is 3. The van der Waals surface area contributed by atoms with Crippen LogP contribution in [0.3, 0.4) is 0 Å². The minimum atomic E-state index is -3.34. The number of carbonyl (C=O) groups is 1. The van der Waals surface area contributed by atoms with Gasteiger partial charge >= 0.3 is 0 Å². The standard InChI is InChI=1S/C24H30BrF2NO3Si/c1-5-32(6-2,7-3)31-22(18-12-13-21(30-4)20(25)16-18)24(26,27)15-14-17-10-8-9-11-19(17)23(28)29/h8-16,22H,5-7H2,1-4H3,(H2,28,29)/b15-14+. The maximum atomic E-state index is 15.7. The fraction of sp³-hybridized carbons (Fsp3) is 0.375. The molecular weight excluding hydrogens is 496 g/mol. The summed E-state index contributed by atoms with van der Waals surface area (Å²) in [5.41, 5.74) is 6.26. The van der Waals surface area contributed by atoms with Crippen LogP contribution in [0.5, 0.6) is 5.75 Å². The molecule has 0 aromatic heterocycles. The molecule has 1 amide bonds. The molecule has 0 aliphatic carbocycles. The summed E-state index contributed by atoms with van der Waals surface area (Å²) in [6, 6.07) is 13.5. The summed E-state index contributed by atoms with van der Waals surface area (Å²) in [4.78, 5) is 11.7. The fourth-order valence-electron chi connectivity index (χ4n) is 3.62. The summed E-state index contributed by atoms with van der Waals surface area (Å²) in [7, 11) is -0.866. The average molecular weight is 526 g/mol. The largest absolute Gasteiger partial charge is 0.496 e. The Morgan fingerprint density at radius 1 is 1.16 bits per heavy atom. The van der Waals surface area contributed by atoms with Gasteiger partial charge in [0.15, 0.2) is 8.32 Å². The van der Waals surface area contributed by atoms with Gasteiger partial charge in [-0.2, -0.15) is 8.78 Å². The number of benzene rings is 2. The molecule has 2 N–H and O–H groups in total. The predicted octanol–water partition coefficient (Wildman–Crippen LogP) is 6.97. The first kappa shape index (κ1) is 26.2. The Bertz CT molecular complexity index is 956. The minimum absolute atomic E-state index is 0.184. The molecule has 0 heterocycles. The lowest BCUT2D eigenvalue weighted by Crippen LogP contribution is -2.42. The molecule has 2 aromatic rings. The molecule has 8 heteroatoms. The van der Waals surface area contributed by atoms with Gasteiger partial charge in [-0.15, -0.1) is 0 Å². The van der Waals surface area contributed by atoms with E-state index in [1.54, 1.807) is 36.4 Å². The fourth-order valence-corrected chi connectivity index (χ4v) is 6.97. The molecule has 0 bridgehead atoms. The number of alkyl halides is 2. The van der Waals surface area contributed by atoms with Gasteiger partial charge in [0.05, 0.1) is 11.6 Å². The Labute approximate surface area is 198 Å². The number of amides is 1. The number of hydrogen-bond donors (Lipinski definition) is 1. The maximum Gasteiger partial charge on any atom is 0.295 e. The van der Waals surface area contributed by atoms with Gasteiger partial charge in [0.25, 0.3) is 5.92 Å². The van der Waals surface area contributed by atoms with E-state index in [1.807, 2.05) is 20.8 Å². The zero-order valence-corrected chi connectivity index (χ0v) is 21.4. The molecule has 2 aromatic carbocycles. The smallest absolute Gasteiger partial charge is 0.295 e. The highest BCUT2D eigenvalue weighted by molar-refractivity contribution is 9.10. The van der Waals surface area contributed by atoms with Crippen LogP contribution in [0.4, 0.5) is 8.78 Å². The van der Waals surface area contributed by atoms with Crippen molar-refractivity contribution in [1.82, 2.24) is 0 Å². The molecule has 0 saturated carbocycles. The highest BCUT2D eigenvalue weighted by atomic mass is 79.9. The zero-order chi connectivity index (χ0) is 23.9. The Hall–Kier alpha value is -2.03. The van der Waals surface area contributed by atoms with Crippen LogP contribution in [0.15, 0.2) is 53.0 Å². The zero-order valence-electron chi connectivity index (χ0n) is 18.8. The van der Waals surface area contributed by atoms with Gasteiger partial charge in [-0.1, -0.05) is 51.1 Å². The molecule has 0 aliphatic heterocycles. The molecule has 0 radical (unpaired) electrons. The summed E-state index contributed by atoms with van der Waals surface area (Å²) in [5.74, 6) is -3.46. The summed E-state index contributed by atoms with van der Waals surface area (Å²) in [6.45, 7) is 5.99. The number of nitrogens with two attached hydrogens (primary N) is 1. The summed E-state index contributed by atoms with van der Waals surface area (Å²) in [5, 5.41) is 0. The van der Waals surface area contributed by atoms with E-state index in [-0.39, 0.29) is 5.56 Å². The number of primary amides is 1. The van der Waals surface area contributed by atoms with Gasteiger partial charge in [-0.05, 0) is 69.5 Å². The highest BCUT2D eigenvalue weighted by Crippen LogP contribution is 2.42. The third-order valence-corrected chi connectivity index (χ3v) is 11.1. The first-order valence-electron chi connectivity index (χ1n) is 10.6. The van der Waals surface area contributed by atoms with Gasteiger partial charge in [0.2, 0.25) is 5.91 Å². The molecule has 0 saturated heterocycles. The lowest BCUT2D eigenvalue weighted by molar-refractivity contribution is -0.0627. The van der Waals surface area contributed by atoms with Crippen LogP contribution in [-0.4, -0.2) is 27.3 Å². The highest BCUT2D eigenvalue weighted by Gasteiger charge is 2.44. The molecule has 0 aliphatic rings. The third kappa shape index (κ3) is 6.05. The summed E-state index contributed by atoms with van der Waals surface area (Å²) >= 11 is 3.39. The lowest BCUT2D eigenvalue weighted by Gasteiger charge is -2.36. The quantitative estimate of drug-likeness (QED) is 0.322. The van der Waals surface area contributed by atoms with E-state index < -0.39 is 26.3 Å². The average Bonchev–Trinajstić information content (AvgIpc) is 2.79. The van der Waals surface area contributed by atoms with Crippen molar-refractivity contribution in [1.29, 1.82) is 0 Å². The van der Waals surface area contributed by atoms with Gasteiger partial charge in [-0.3, -0.25) is 4.79 Å². The second kappa shape index (κ2) is 11.2. The van der Waals surface area contributed by atoms with Crippen LogP contribution in [-0.2, 0) is 4.43 Å². The van der Waals surface area contributed by atoms with E-state index in [2.05, 4.69) is 15.9 Å². The molecule has 0 fully saturated rings. The van der Waals surface area contributed by atoms with Gasteiger partial charge in [0, 0.05) is 5.56 Å². The molecule has 0 spiro atoms. The number of halogens is 3. The first-order valence-corrected chi connectivity index (χ1v) is 13.9. The van der Waals surface area contributed by atoms with Gasteiger partial charge in [-0.25, -0.2) is 0 Å². The van der Waals surface area contributed by atoms with E-state index in [9.17, 15) is 4.79 Å². The normalized spacial score (nSPS) is 13.3. The topological polar surface area (TPSA) is 61.6 Å². The van der Waals surface area contributed by atoms with Crippen LogP contribution >= 0.6 is 15.9 Å². The number of methoxy groups -OCH3 is 1. The SMILES string of the molecule is CC[Si](CC)(CC)OC(c1ccc(OC)c(Br)c1)C(F)(F)/C=C/c1ccccc1C(N)=O. The Balaban J connectivity index is 2.54. The van der Waals surface area contributed by atoms with Gasteiger partial charge in [0.1, 0.15) is 11.9 Å². The summed E-state index contributed by atoms with van der Waals surface area (Å²) in [6.07, 6.45) is 0.563. The summed E-state index contributed by atoms with van der Waals surface area (Å²) < 4.78 is 43.5. The van der Waals surface area contributed by atoms with Crippen molar-refractivity contribution in [3.05, 3.63) is 69.7 Å². The van der Waals surface area contributed by atoms with Crippen molar-refractivity contribution in [2.24, 2.45) is 5.73 Å². The molecule has 1 unspecified atom stereocenters. The minimum Gasteiger partial charge on any atom is -0.496 e. The maximum absolute atomic E-state index is 15.7. The number of ether oxygens (including phenoxy) is 1. The van der Waals surface area contributed by atoms with E-state index in [1.165, 1.54) is 19.3 Å². The second-order valence-corrected chi connectivity index (χ2v) is 13.2. The lowest BCUT2D eigenvalue weighted by atomic mass is 10.0. The van der Waals surface area contributed by atoms with Crippen LogP contribution in [0.1, 0.15) is 48.4 Å². The van der Waals surface area contributed by atoms with Crippen LogP contribution in [0, 0.1) is 0 Å². The van der Waals surface area contributed by atoms with Crippen molar-refractivity contribution in [3.63, 3.8) is 0 Å². The van der Waals surface area contributed by atoms with E-state index in [4.69, 9.17) is 14.9 Å². The van der Waals surface area contributed by atoms with Crippen molar-refractivity contribution >= 4 is 36.2 Å². The first-order chi connectivity index (χ1) is 15.1. The predicted molar refractivity (Wildman–Crippen MR) is 131 cm³/mol. The van der Waals surface area contributed by atoms with E-state index in [0.717, 1.165) is 24.2 Å². The van der Waals surface area contributed by atoms with E-state index >= 15 is 8.78 Å².